The number of amides is 1. The predicted molar refractivity (Wildman–Crippen MR) is 260 cm³/mol. The highest BCUT2D eigenvalue weighted by Gasteiger charge is 2.32. The molecule has 0 atom stereocenters. The molecule has 0 fully saturated rings. The van der Waals surface area contributed by atoms with Crippen molar-refractivity contribution >= 4 is 111 Å². The molecule has 0 aromatic heterocycles. The largest absolute Gasteiger partial charge is 0.506 e. The van der Waals surface area contributed by atoms with Crippen LogP contribution in [0, 0.1) is 17.4 Å². The summed E-state index contributed by atoms with van der Waals surface area (Å²) in [5, 5.41) is 30.5. The number of unbranched alkanes of at least 4 members (excludes halogenated alkanes) is 7. The number of benzene rings is 6. The summed E-state index contributed by atoms with van der Waals surface area (Å²) in [5.41, 5.74) is 8.57. The van der Waals surface area contributed by atoms with Crippen LogP contribution in [0.2, 0.25) is 0 Å². The minimum absolute atomic E-state index is 0.0205. The summed E-state index contributed by atoms with van der Waals surface area (Å²) >= 11 is 9.12. The van der Waals surface area contributed by atoms with E-state index in [1.165, 1.54) is 12.8 Å². The Hall–Kier alpha value is -4.72. The second-order valence-electron chi connectivity index (χ2n) is 15.0. The van der Waals surface area contributed by atoms with Crippen LogP contribution >= 0.6 is 54.5 Å². The van der Waals surface area contributed by atoms with Crippen molar-refractivity contribution < 1.29 is 14.6 Å². The number of ether oxygens (including phenoxy) is 1. The molecule has 6 aromatic carbocycles. The maximum atomic E-state index is 13.7. The lowest BCUT2D eigenvalue weighted by Gasteiger charge is -2.17. The first-order valence-corrected chi connectivity index (χ1v) is 23.0. The zero-order chi connectivity index (χ0) is 42.0. The molecular formula is C49H46Br2IN5O3. The van der Waals surface area contributed by atoms with Crippen molar-refractivity contribution in [2.45, 2.75) is 65.2 Å². The van der Waals surface area contributed by atoms with Crippen LogP contribution < -0.4 is 9.64 Å². The lowest BCUT2D eigenvalue weighted by Crippen LogP contribution is -2.27. The van der Waals surface area contributed by atoms with E-state index < -0.39 is 0 Å². The van der Waals surface area contributed by atoms with E-state index in [1.54, 1.807) is 0 Å². The van der Waals surface area contributed by atoms with Crippen LogP contribution in [0.5, 0.6) is 11.5 Å². The third-order valence-electron chi connectivity index (χ3n) is 10.6. The number of azo groups is 2. The van der Waals surface area contributed by atoms with Gasteiger partial charge in [0.25, 0.3) is 5.91 Å². The number of carbonyl (C=O) groups is 1. The van der Waals surface area contributed by atoms with E-state index in [1.807, 2.05) is 97.6 Å². The van der Waals surface area contributed by atoms with Gasteiger partial charge in [-0.15, -0.1) is 5.11 Å². The SMILES string of the molecule is Cc1ccccc1/N=N/c1ccc(/N=N/c2c(OCCCCCCCCCCN3C(=O)C(=Cc4cc(Br)c(O)c(Br)c4)c4cc(I)ccc43)ccc3ccccc23)c(C)c1. The first-order valence-electron chi connectivity index (χ1n) is 20.3. The van der Waals surface area contributed by atoms with Crippen LogP contribution in [0.4, 0.5) is 28.4 Å². The Balaban J connectivity index is 0.861. The van der Waals surface area contributed by atoms with Gasteiger partial charge in [0.2, 0.25) is 0 Å². The molecule has 7 rings (SSSR count). The number of rotatable bonds is 17. The van der Waals surface area contributed by atoms with E-state index >= 15 is 0 Å². The van der Waals surface area contributed by atoms with Gasteiger partial charge in [0.05, 0.1) is 38.3 Å². The van der Waals surface area contributed by atoms with Crippen molar-refractivity contribution in [1.82, 2.24) is 0 Å². The van der Waals surface area contributed by atoms with Crippen LogP contribution in [0.1, 0.15) is 73.6 Å². The van der Waals surface area contributed by atoms with Gasteiger partial charge in [-0.1, -0.05) is 87.1 Å². The zero-order valence-electron chi connectivity index (χ0n) is 33.7. The molecule has 306 valence electrons. The summed E-state index contributed by atoms with van der Waals surface area (Å²) in [6, 6.07) is 35.8. The normalized spacial score (nSPS) is 13.4. The number of hydrogen-bond acceptors (Lipinski definition) is 7. The fraction of sp³-hybridized carbons (Fsp3) is 0.245. The summed E-state index contributed by atoms with van der Waals surface area (Å²) in [4.78, 5) is 15.6. The summed E-state index contributed by atoms with van der Waals surface area (Å²) in [7, 11) is 0. The third kappa shape index (κ3) is 10.8. The maximum Gasteiger partial charge on any atom is 0.258 e. The smallest absolute Gasteiger partial charge is 0.258 e. The molecule has 0 aliphatic carbocycles. The molecule has 0 saturated carbocycles. The van der Waals surface area contributed by atoms with Crippen molar-refractivity contribution in [2.75, 3.05) is 18.1 Å². The van der Waals surface area contributed by atoms with Gasteiger partial charge < -0.3 is 14.7 Å². The van der Waals surface area contributed by atoms with E-state index in [-0.39, 0.29) is 11.7 Å². The Morgan fingerprint density at radius 2 is 1.38 bits per heavy atom. The molecular weight excluding hydrogens is 993 g/mol. The van der Waals surface area contributed by atoms with Crippen molar-refractivity contribution in [2.24, 2.45) is 20.5 Å². The van der Waals surface area contributed by atoms with Crippen molar-refractivity contribution in [3.05, 3.63) is 144 Å². The maximum absolute atomic E-state index is 13.7. The Bertz CT molecular complexity index is 2590. The molecule has 11 heteroatoms. The number of aromatic hydroxyl groups is 1. The number of aryl methyl sites for hydroxylation is 2. The van der Waals surface area contributed by atoms with E-state index in [0.717, 1.165) is 109 Å². The number of hydrogen-bond donors (Lipinski definition) is 1. The van der Waals surface area contributed by atoms with Crippen molar-refractivity contribution in [3.63, 3.8) is 0 Å². The number of phenolic OH excluding ortho intramolecular Hbond substituents is 1. The fourth-order valence-electron chi connectivity index (χ4n) is 7.30. The number of anilines is 1. The lowest BCUT2D eigenvalue weighted by atomic mass is 10.0. The number of phenols is 1. The number of carbonyl (C=O) groups excluding carboxylic acids is 1. The summed E-state index contributed by atoms with van der Waals surface area (Å²) in [6.07, 6.45) is 10.6. The molecule has 1 heterocycles. The molecule has 1 amide bonds. The van der Waals surface area contributed by atoms with Gasteiger partial charge in [0, 0.05) is 26.6 Å². The standard InChI is InChI=1S/C49H46Br2IN5O3/c1-32-15-9-12-18-43(32)54-53-37-21-22-44(33(2)27-37)55-56-47-38-17-11-10-16-35(38)19-24-46(47)60-26-14-8-6-4-3-5-7-13-25-57-45-23-20-36(52)31-39(45)40(49(57)59)28-34-29-41(50)48(58)42(51)30-34/h9-12,15-24,27-31,58H,3-8,13-14,25-26H2,1-2H3/b40-28?,54-53+,56-55+. The van der Waals surface area contributed by atoms with Crippen LogP contribution in [-0.4, -0.2) is 24.2 Å². The molecule has 0 radical (unpaired) electrons. The molecule has 0 saturated heterocycles. The van der Waals surface area contributed by atoms with Gasteiger partial charge in [-0.25, -0.2) is 0 Å². The van der Waals surface area contributed by atoms with Crippen molar-refractivity contribution in [1.29, 1.82) is 0 Å². The Labute approximate surface area is 382 Å². The number of fused-ring (bicyclic) bond motifs is 2. The molecule has 0 bridgehead atoms. The van der Waals surface area contributed by atoms with E-state index in [2.05, 4.69) is 106 Å². The monoisotopic (exact) mass is 1040 g/mol. The van der Waals surface area contributed by atoms with Crippen LogP contribution in [0.3, 0.4) is 0 Å². The number of nitrogens with zero attached hydrogens (tertiary/aromatic N) is 5. The molecule has 8 nitrogen and oxygen atoms in total. The van der Waals surface area contributed by atoms with E-state index in [4.69, 9.17) is 9.85 Å². The molecule has 1 aliphatic rings. The highest BCUT2D eigenvalue weighted by Crippen LogP contribution is 2.41. The number of halogens is 3. The average Bonchev–Trinajstić information content (AvgIpc) is 3.49. The van der Waals surface area contributed by atoms with E-state index in [0.29, 0.717) is 27.7 Å². The van der Waals surface area contributed by atoms with Gasteiger partial charge in [-0.3, -0.25) is 4.79 Å². The molecule has 0 spiro atoms. The third-order valence-corrected chi connectivity index (χ3v) is 12.5. The second kappa shape index (κ2) is 20.7. The highest BCUT2D eigenvalue weighted by molar-refractivity contribution is 14.1. The molecule has 1 aliphatic heterocycles. The van der Waals surface area contributed by atoms with Crippen LogP contribution in [0.15, 0.2) is 139 Å². The van der Waals surface area contributed by atoms with E-state index in [9.17, 15) is 9.90 Å². The predicted octanol–water partition coefficient (Wildman–Crippen LogP) is 16.2. The van der Waals surface area contributed by atoms with Crippen LogP contribution in [-0.2, 0) is 4.79 Å². The first kappa shape index (κ1) is 43.4. The second-order valence-corrected chi connectivity index (χ2v) is 17.9. The summed E-state index contributed by atoms with van der Waals surface area (Å²) < 4.78 is 8.57. The van der Waals surface area contributed by atoms with Gasteiger partial charge in [-0.2, -0.15) is 15.3 Å². The quantitative estimate of drug-likeness (QED) is 0.0426. The summed E-state index contributed by atoms with van der Waals surface area (Å²) in [6.45, 7) is 5.33. The van der Waals surface area contributed by atoms with Gasteiger partial charge in [0.1, 0.15) is 17.2 Å². The Kier molecular flexibility index (Phi) is 15.0. The molecule has 1 N–H and O–H groups in total. The first-order chi connectivity index (χ1) is 29.2. The average molecular weight is 1040 g/mol. The fourth-order valence-corrected chi connectivity index (χ4v) is 9.01. The Morgan fingerprint density at radius 1 is 0.700 bits per heavy atom. The van der Waals surface area contributed by atoms with Crippen molar-refractivity contribution in [3.8, 4) is 11.5 Å². The molecule has 60 heavy (non-hydrogen) atoms. The minimum Gasteiger partial charge on any atom is -0.506 e. The topological polar surface area (TPSA) is 99.2 Å². The summed E-state index contributed by atoms with van der Waals surface area (Å²) in [5.74, 6) is 0.893. The molecule has 6 aromatic rings. The highest BCUT2D eigenvalue weighted by atomic mass is 127. The van der Waals surface area contributed by atoms with Gasteiger partial charge in [0.15, 0.2) is 0 Å². The minimum atomic E-state index is 0.0205. The van der Waals surface area contributed by atoms with Gasteiger partial charge >= 0.3 is 0 Å². The lowest BCUT2D eigenvalue weighted by molar-refractivity contribution is -0.113. The molecule has 0 unspecified atom stereocenters. The van der Waals surface area contributed by atoms with Crippen LogP contribution in [0.25, 0.3) is 22.4 Å². The zero-order valence-corrected chi connectivity index (χ0v) is 39.0. The van der Waals surface area contributed by atoms with Gasteiger partial charge in [-0.05, 0) is 170 Å². The Morgan fingerprint density at radius 3 is 2.15 bits per heavy atom.